The Morgan fingerprint density at radius 1 is 1.43 bits per heavy atom. The number of amides is 1. The molecule has 1 saturated carbocycles. The molecule has 0 aromatic carbocycles. The zero-order valence-electron chi connectivity index (χ0n) is 14.4. The van der Waals surface area contributed by atoms with Crippen LogP contribution in [0.3, 0.4) is 0 Å². The number of hydrogen-bond donors (Lipinski definition) is 0. The van der Waals surface area contributed by atoms with Crippen molar-refractivity contribution in [2.75, 3.05) is 20.8 Å². The zero-order chi connectivity index (χ0) is 16.6. The first-order valence-corrected chi connectivity index (χ1v) is 8.36. The summed E-state index contributed by atoms with van der Waals surface area (Å²) in [6.07, 6.45) is 3.74. The van der Waals surface area contributed by atoms with E-state index in [9.17, 15) is 4.79 Å². The summed E-state index contributed by atoms with van der Waals surface area (Å²) in [4.78, 5) is 14.8. The van der Waals surface area contributed by atoms with Crippen LogP contribution >= 0.6 is 0 Å². The van der Waals surface area contributed by atoms with Crippen LogP contribution in [0.25, 0.3) is 0 Å². The van der Waals surface area contributed by atoms with Gasteiger partial charge >= 0.3 is 0 Å². The predicted octanol–water partition coefficient (Wildman–Crippen LogP) is 2.60. The van der Waals surface area contributed by atoms with Gasteiger partial charge in [-0.2, -0.15) is 0 Å². The molecule has 0 radical (unpaired) electrons. The van der Waals surface area contributed by atoms with Gasteiger partial charge in [-0.05, 0) is 31.6 Å². The summed E-state index contributed by atoms with van der Waals surface area (Å²) in [5.74, 6) is 0.467. The van der Waals surface area contributed by atoms with Crippen LogP contribution in [0.1, 0.15) is 61.7 Å². The Morgan fingerprint density at radius 2 is 2.22 bits per heavy atom. The van der Waals surface area contributed by atoms with Crippen molar-refractivity contribution < 1.29 is 18.8 Å². The molecule has 128 valence electrons. The third-order valence-electron chi connectivity index (χ3n) is 5.47. The molecule has 6 heteroatoms. The minimum Gasteiger partial charge on any atom is -0.381 e. The van der Waals surface area contributed by atoms with Gasteiger partial charge in [0.15, 0.2) is 0 Å². The van der Waals surface area contributed by atoms with Crippen LogP contribution < -0.4 is 0 Å². The van der Waals surface area contributed by atoms with Crippen LogP contribution in [0.15, 0.2) is 10.6 Å². The minimum atomic E-state index is -0.244. The number of nitrogens with zero attached hydrogens (tertiary/aromatic N) is 2. The first-order chi connectivity index (χ1) is 11.0. The summed E-state index contributed by atoms with van der Waals surface area (Å²) < 4.78 is 16.7. The molecule has 3 atom stereocenters. The van der Waals surface area contributed by atoms with Gasteiger partial charge in [-0.25, -0.2) is 0 Å². The highest BCUT2D eigenvalue weighted by Crippen LogP contribution is 2.43. The van der Waals surface area contributed by atoms with Crippen LogP contribution in [-0.2, 0) is 9.47 Å². The summed E-state index contributed by atoms with van der Waals surface area (Å²) in [5, 5.41) is 4.00. The molecule has 1 aromatic heterocycles. The number of fused-ring (bicyclic) bond motifs is 1. The van der Waals surface area contributed by atoms with Crippen LogP contribution in [-0.4, -0.2) is 54.5 Å². The molecule has 0 bridgehead atoms. The maximum absolute atomic E-state index is 12.9. The van der Waals surface area contributed by atoms with E-state index >= 15 is 0 Å². The third-order valence-corrected chi connectivity index (χ3v) is 5.47. The molecule has 1 aromatic rings. The van der Waals surface area contributed by atoms with Crippen LogP contribution in [0, 0.1) is 0 Å². The van der Waals surface area contributed by atoms with Gasteiger partial charge in [0.05, 0.1) is 23.4 Å². The molecule has 1 saturated heterocycles. The van der Waals surface area contributed by atoms with E-state index < -0.39 is 0 Å². The molecule has 1 aliphatic carbocycles. The highest BCUT2D eigenvalue weighted by molar-refractivity contribution is 5.92. The van der Waals surface area contributed by atoms with Crippen molar-refractivity contribution in [3.63, 3.8) is 0 Å². The van der Waals surface area contributed by atoms with Crippen LogP contribution in [0.4, 0.5) is 0 Å². The minimum absolute atomic E-state index is 0.0336. The Morgan fingerprint density at radius 3 is 2.83 bits per heavy atom. The van der Waals surface area contributed by atoms with Gasteiger partial charge in [-0.3, -0.25) is 4.79 Å². The summed E-state index contributed by atoms with van der Waals surface area (Å²) in [6.45, 7) is 4.75. The number of likely N-dealkylation sites (tertiary alicyclic amines) is 1. The molecule has 3 rings (SSSR count). The van der Waals surface area contributed by atoms with E-state index in [4.69, 9.17) is 14.0 Å². The molecular formula is C17H26N2O4. The maximum atomic E-state index is 12.9. The van der Waals surface area contributed by atoms with Crippen molar-refractivity contribution >= 4 is 5.91 Å². The molecule has 1 aliphatic heterocycles. The highest BCUT2D eigenvalue weighted by Gasteiger charge is 2.53. The van der Waals surface area contributed by atoms with Gasteiger partial charge in [0.1, 0.15) is 0 Å². The van der Waals surface area contributed by atoms with Crippen LogP contribution in [0.2, 0.25) is 0 Å². The monoisotopic (exact) mass is 322 g/mol. The summed E-state index contributed by atoms with van der Waals surface area (Å²) in [6, 6.07) is 1.79. The highest BCUT2D eigenvalue weighted by atomic mass is 16.5. The third kappa shape index (κ3) is 2.78. The fourth-order valence-electron chi connectivity index (χ4n) is 3.92. The molecule has 6 nitrogen and oxygen atoms in total. The van der Waals surface area contributed by atoms with E-state index in [2.05, 4.69) is 5.16 Å². The molecule has 0 spiro atoms. The molecule has 2 aliphatic rings. The fraction of sp³-hybridized carbons (Fsp3) is 0.765. The van der Waals surface area contributed by atoms with Crippen molar-refractivity contribution in [1.82, 2.24) is 10.1 Å². The summed E-state index contributed by atoms with van der Waals surface area (Å²) in [5.41, 5.74) is 0.565. The number of carbonyl (C=O) groups excluding carboxylic acids is 1. The van der Waals surface area contributed by atoms with E-state index in [1.165, 1.54) is 0 Å². The quantitative estimate of drug-likeness (QED) is 0.852. The van der Waals surface area contributed by atoms with Crippen molar-refractivity contribution in [3.8, 4) is 0 Å². The normalized spacial score (nSPS) is 30.7. The summed E-state index contributed by atoms with van der Waals surface area (Å²) >= 11 is 0. The Labute approximate surface area is 137 Å². The predicted molar refractivity (Wildman–Crippen MR) is 84.4 cm³/mol. The van der Waals surface area contributed by atoms with E-state index in [0.29, 0.717) is 12.3 Å². The molecule has 0 unspecified atom stereocenters. The Kier molecular flexibility index (Phi) is 4.47. The van der Waals surface area contributed by atoms with E-state index in [-0.39, 0.29) is 29.6 Å². The zero-order valence-corrected chi connectivity index (χ0v) is 14.4. The first kappa shape index (κ1) is 16.5. The van der Waals surface area contributed by atoms with Gasteiger partial charge in [-0.1, -0.05) is 19.0 Å². The Balaban J connectivity index is 1.82. The van der Waals surface area contributed by atoms with Crippen LogP contribution in [0.5, 0.6) is 0 Å². The lowest BCUT2D eigenvalue weighted by molar-refractivity contribution is -0.0896. The fourth-order valence-corrected chi connectivity index (χ4v) is 3.92. The average molecular weight is 322 g/mol. The Bertz CT molecular complexity index is 571. The number of carbonyl (C=O) groups is 1. The smallest absolute Gasteiger partial charge is 0.292 e. The largest absolute Gasteiger partial charge is 0.381 e. The lowest BCUT2D eigenvalue weighted by atomic mass is 9.79. The van der Waals surface area contributed by atoms with Crippen molar-refractivity contribution in [1.29, 1.82) is 0 Å². The Hall–Kier alpha value is -1.40. The number of ether oxygens (including phenoxy) is 2. The lowest BCUT2D eigenvalue weighted by Crippen LogP contribution is -2.53. The number of aromatic nitrogens is 1. The molecule has 1 amide bonds. The number of rotatable bonds is 4. The maximum Gasteiger partial charge on any atom is 0.292 e. The van der Waals surface area contributed by atoms with Gasteiger partial charge in [-0.15, -0.1) is 0 Å². The second kappa shape index (κ2) is 6.24. The number of hydrogen-bond acceptors (Lipinski definition) is 5. The van der Waals surface area contributed by atoms with Gasteiger partial charge in [0, 0.05) is 26.8 Å². The number of methoxy groups -OCH3 is 2. The van der Waals surface area contributed by atoms with E-state index in [0.717, 1.165) is 31.4 Å². The second-order valence-corrected chi connectivity index (χ2v) is 6.94. The van der Waals surface area contributed by atoms with Crippen molar-refractivity contribution in [3.05, 3.63) is 17.5 Å². The molecule has 2 heterocycles. The van der Waals surface area contributed by atoms with Gasteiger partial charge in [0.25, 0.3) is 5.91 Å². The molecule has 2 fully saturated rings. The van der Waals surface area contributed by atoms with Crippen molar-refractivity contribution in [2.24, 2.45) is 0 Å². The lowest BCUT2D eigenvalue weighted by Gasteiger charge is -2.43. The van der Waals surface area contributed by atoms with E-state index in [1.807, 2.05) is 18.7 Å². The van der Waals surface area contributed by atoms with Crippen molar-refractivity contribution in [2.45, 2.75) is 63.2 Å². The standard InChI is InChI=1S/C17H26N2O4/c1-11(2)13-10-14(23-18-13)16(20)19-8-7-17(22-4)6-5-12(21-3)9-15(17)19/h10-12,15H,5-9H2,1-4H3/t12-,15-,17+/m0/s1. The van der Waals surface area contributed by atoms with Gasteiger partial charge < -0.3 is 18.9 Å². The molecule has 23 heavy (non-hydrogen) atoms. The second-order valence-electron chi connectivity index (χ2n) is 6.94. The van der Waals surface area contributed by atoms with Gasteiger partial charge in [0.2, 0.25) is 5.76 Å². The summed E-state index contributed by atoms with van der Waals surface area (Å²) in [7, 11) is 3.48. The molecular weight excluding hydrogens is 296 g/mol. The average Bonchev–Trinajstić information content (AvgIpc) is 3.19. The first-order valence-electron chi connectivity index (χ1n) is 8.36. The van der Waals surface area contributed by atoms with E-state index in [1.54, 1.807) is 20.3 Å². The molecule has 0 N–H and O–H groups in total. The SMILES string of the molecule is CO[C@H]1CC[C@@]2(OC)CCN(C(=O)c3cc(C(C)C)no3)[C@H]2C1. The topological polar surface area (TPSA) is 64.8 Å².